The molecule has 1 fully saturated rings. The molecule has 0 saturated carbocycles. The minimum Gasteiger partial charge on any atom is -0.395 e. The third kappa shape index (κ3) is 3.94. The second kappa shape index (κ2) is 7.63. The van der Waals surface area contributed by atoms with E-state index < -0.39 is 0 Å². The summed E-state index contributed by atoms with van der Waals surface area (Å²) in [5.41, 5.74) is 0. The SMILES string of the molecule is CCCN(CCO)C(=O)C1COCC1NCC. The van der Waals surface area contributed by atoms with Gasteiger partial charge in [0.05, 0.1) is 25.7 Å². The molecule has 5 nitrogen and oxygen atoms in total. The fourth-order valence-electron chi connectivity index (χ4n) is 2.22. The number of amides is 1. The van der Waals surface area contributed by atoms with Crippen LogP contribution in [0.5, 0.6) is 0 Å². The van der Waals surface area contributed by atoms with Crippen molar-refractivity contribution < 1.29 is 14.6 Å². The minimum absolute atomic E-state index is 0.0190. The van der Waals surface area contributed by atoms with Gasteiger partial charge in [0.25, 0.3) is 0 Å². The molecule has 0 spiro atoms. The van der Waals surface area contributed by atoms with Crippen molar-refractivity contribution in [2.45, 2.75) is 26.3 Å². The van der Waals surface area contributed by atoms with Crippen molar-refractivity contribution >= 4 is 5.91 Å². The van der Waals surface area contributed by atoms with Crippen LogP contribution in [0.25, 0.3) is 0 Å². The summed E-state index contributed by atoms with van der Waals surface area (Å²) in [6.07, 6.45) is 0.908. The molecule has 0 aromatic heterocycles. The van der Waals surface area contributed by atoms with Crippen LogP contribution in [-0.4, -0.2) is 61.4 Å². The lowest BCUT2D eigenvalue weighted by Crippen LogP contribution is -2.46. The molecule has 1 rings (SSSR count). The Hall–Kier alpha value is -0.650. The standard InChI is InChI=1S/C12H24N2O3/c1-3-5-14(6-7-15)12(16)10-8-17-9-11(10)13-4-2/h10-11,13,15H,3-9H2,1-2H3. The van der Waals surface area contributed by atoms with Crippen molar-refractivity contribution in [3.63, 3.8) is 0 Å². The molecule has 2 N–H and O–H groups in total. The highest BCUT2D eigenvalue weighted by molar-refractivity contribution is 5.80. The molecule has 5 heteroatoms. The van der Waals surface area contributed by atoms with Crippen molar-refractivity contribution in [2.75, 3.05) is 39.5 Å². The van der Waals surface area contributed by atoms with Gasteiger partial charge < -0.3 is 20.1 Å². The van der Waals surface area contributed by atoms with Crippen LogP contribution in [0.15, 0.2) is 0 Å². The van der Waals surface area contributed by atoms with Gasteiger partial charge in [-0.3, -0.25) is 4.79 Å². The molecule has 1 saturated heterocycles. The largest absolute Gasteiger partial charge is 0.395 e. The first-order valence-corrected chi connectivity index (χ1v) is 6.45. The van der Waals surface area contributed by atoms with Gasteiger partial charge in [-0.2, -0.15) is 0 Å². The second-order valence-corrected chi connectivity index (χ2v) is 4.36. The summed E-state index contributed by atoms with van der Waals surface area (Å²) in [5, 5.41) is 12.3. The molecule has 0 aromatic carbocycles. The van der Waals surface area contributed by atoms with Gasteiger partial charge in [-0.05, 0) is 13.0 Å². The number of likely N-dealkylation sites (N-methyl/N-ethyl adjacent to an activating group) is 1. The molecule has 0 radical (unpaired) electrons. The smallest absolute Gasteiger partial charge is 0.229 e. The van der Waals surface area contributed by atoms with Crippen molar-refractivity contribution in [1.29, 1.82) is 0 Å². The molecule has 1 heterocycles. The number of nitrogens with one attached hydrogen (secondary N) is 1. The third-order valence-corrected chi connectivity index (χ3v) is 3.04. The lowest BCUT2D eigenvalue weighted by Gasteiger charge is -2.26. The Morgan fingerprint density at radius 3 is 2.76 bits per heavy atom. The summed E-state index contributed by atoms with van der Waals surface area (Å²) in [6.45, 7) is 7.13. The highest BCUT2D eigenvalue weighted by Gasteiger charge is 2.35. The highest BCUT2D eigenvalue weighted by Crippen LogP contribution is 2.17. The number of carbonyl (C=O) groups is 1. The lowest BCUT2D eigenvalue weighted by molar-refractivity contribution is -0.136. The second-order valence-electron chi connectivity index (χ2n) is 4.36. The summed E-state index contributed by atoms with van der Waals surface area (Å²) < 4.78 is 5.38. The van der Waals surface area contributed by atoms with Gasteiger partial charge in [0.1, 0.15) is 0 Å². The predicted octanol–water partition coefficient (Wildman–Crippen LogP) is -0.158. The number of rotatable bonds is 7. The van der Waals surface area contributed by atoms with Gasteiger partial charge in [-0.25, -0.2) is 0 Å². The Morgan fingerprint density at radius 1 is 1.41 bits per heavy atom. The van der Waals surface area contributed by atoms with Crippen LogP contribution >= 0.6 is 0 Å². The van der Waals surface area contributed by atoms with E-state index in [9.17, 15) is 4.79 Å². The van der Waals surface area contributed by atoms with Gasteiger partial charge in [0.2, 0.25) is 5.91 Å². The molecular weight excluding hydrogens is 220 g/mol. The molecule has 0 aliphatic carbocycles. The zero-order chi connectivity index (χ0) is 12.7. The number of hydrogen-bond donors (Lipinski definition) is 2. The Balaban J connectivity index is 2.58. The van der Waals surface area contributed by atoms with E-state index in [4.69, 9.17) is 9.84 Å². The number of aliphatic hydroxyl groups is 1. The van der Waals surface area contributed by atoms with E-state index in [0.717, 1.165) is 13.0 Å². The molecule has 2 atom stereocenters. The van der Waals surface area contributed by atoms with Crippen LogP contribution < -0.4 is 5.32 Å². The van der Waals surface area contributed by atoms with Crippen LogP contribution in [-0.2, 0) is 9.53 Å². The predicted molar refractivity (Wildman–Crippen MR) is 65.7 cm³/mol. The van der Waals surface area contributed by atoms with Gasteiger partial charge in [0.15, 0.2) is 0 Å². The topological polar surface area (TPSA) is 61.8 Å². The van der Waals surface area contributed by atoms with Crippen LogP contribution in [0.2, 0.25) is 0 Å². The summed E-state index contributed by atoms with van der Waals surface area (Å²) in [6, 6.07) is 0.116. The van der Waals surface area contributed by atoms with E-state index in [-0.39, 0.29) is 24.5 Å². The number of nitrogens with zero attached hydrogens (tertiary/aromatic N) is 1. The first-order chi connectivity index (χ1) is 8.24. The first kappa shape index (κ1) is 14.4. The van der Waals surface area contributed by atoms with E-state index in [1.807, 2.05) is 13.8 Å². The van der Waals surface area contributed by atoms with Crippen LogP contribution in [0.3, 0.4) is 0 Å². The average Bonchev–Trinajstić information content (AvgIpc) is 2.77. The third-order valence-electron chi connectivity index (χ3n) is 3.04. The van der Waals surface area contributed by atoms with Gasteiger partial charge in [0, 0.05) is 19.1 Å². The fourth-order valence-corrected chi connectivity index (χ4v) is 2.22. The maximum Gasteiger partial charge on any atom is 0.229 e. The van der Waals surface area contributed by atoms with Crippen LogP contribution in [0.1, 0.15) is 20.3 Å². The maximum absolute atomic E-state index is 12.3. The molecule has 100 valence electrons. The number of aliphatic hydroxyl groups excluding tert-OH is 1. The molecule has 1 aliphatic rings. The van der Waals surface area contributed by atoms with E-state index in [1.165, 1.54) is 0 Å². The summed E-state index contributed by atoms with van der Waals surface area (Å²) in [5.74, 6) is -0.00241. The fraction of sp³-hybridized carbons (Fsp3) is 0.917. The molecule has 2 unspecified atom stereocenters. The summed E-state index contributed by atoms with van der Waals surface area (Å²) in [7, 11) is 0. The molecule has 1 amide bonds. The van der Waals surface area contributed by atoms with Crippen LogP contribution in [0.4, 0.5) is 0 Å². The number of hydrogen-bond acceptors (Lipinski definition) is 4. The first-order valence-electron chi connectivity index (χ1n) is 6.45. The van der Waals surface area contributed by atoms with Gasteiger partial charge in [-0.15, -0.1) is 0 Å². The van der Waals surface area contributed by atoms with E-state index in [1.54, 1.807) is 4.90 Å². The molecular formula is C12H24N2O3. The van der Waals surface area contributed by atoms with Crippen LogP contribution in [0, 0.1) is 5.92 Å². The molecule has 0 aromatic rings. The van der Waals surface area contributed by atoms with E-state index >= 15 is 0 Å². The van der Waals surface area contributed by atoms with Crippen molar-refractivity contribution in [3.05, 3.63) is 0 Å². The lowest BCUT2D eigenvalue weighted by atomic mass is 10.0. The van der Waals surface area contributed by atoms with Crippen molar-refractivity contribution in [3.8, 4) is 0 Å². The molecule has 1 aliphatic heterocycles. The van der Waals surface area contributed by atoms with Gasteiger partial charge >= 0.3 is 0 Å². The monoisotopic (exact) mass is 244 g/mol. The molecule has 0 bridgehead atoms. The Morgan fingerprint density at radius 2 is 2.18 bits per heavy atom. The Labute approximate surface area is 103 Å². The van der Waals surface area contributed by atoms with E-state index in [0.29, 0.717) is 26.3 Å². The zero-order valence-corrected chi connectivity index (χ0v) is 10.8. The normalized spacial score (nSPS) is 23.9. The maximum atomic E-state index is 12.3. The highest BCUT2D eigenvalue weighted by atomic mass is 16.5. The summed E-state index contributed by atoms with van der Waals surface area (Å²) in [4.78, 5) is 14.0. The Kier molecular flexibility index (Phi) is 6.47. The van der Waals surface area contributed by atoms with Crippen molar-refractivity contribution in [1.82, 2.24) is 10.2 Å². The van der Waals surface area contributed by atoms with Gasteiger partial charge in [-0.1, -0.05) is 13.8 Å². The number of carbonyl (C=O) groups excluding carboxylic acids is 1. The summed E-state index contributed by atoms with van der Waals surface area (Å²) >= 11 is 0. The average molecular weight is 244 g/mol. The number of ether oxygens (including phenoxy) is 1. The molecule has 17 heavy (non-hydrogen) atoms. The quantitative estimate of drug-likeness (QED) is 0.653. The van der Waals surface area contributed by atoms with Crippen molar-refractivity contribution in [2.24, 2.45) is 5.92 Å². The Bertz CT molecular complexity index is 230. The van der Waals surface area contributed by atoms with E-state index in [2.05, 4.69) is 5.32 Å². The minimum atomic E-state index is -0.104. The zero-order valence-electron chi connectivity index (χ0n) is 10.8.